The van der Waals surface area contributed by atoms with Gasteiger partial charge in [-0.2, -0.15) is 0 Å². The number of anilines is 1. The Balaban J connectivity index is 1.80. The van der Waals surface area contributed by atoms with Crippen LogP contribution >= 0.6 is 11.6 Å². The number of hydrogen-bond acceptors (Lipinski definition) is 6. The van der Waals surface area contributed by atoms with Gasteiger partial charge in [0.25, 0.3) is 0 Å². The quantitative estimate of drug-likeness (QED) is 0.879. The highest BCUT2D eigenvalue weighted by atomic mass is 35.5. The minimum Gasteiger partial charge on any atom is -0.444 e. The monoisotopic (exact) mass is 314 g/mol. The smallest absolute Gasteiger partial charge is 0.410 e. The van der Waals surface area contributed by atoms with Gasteiger partial charge in [0.15, 0.2) is 0 Å². The largest absolute Gasteiger partial charge is 0.444 e. The first kappa shape index (κ1) is 15.8. The zero-order chi connectivity index (χ0) is 15.7. The third kappa shape index (κ3) is 4.44. The Morgan fingerprint density at radius 1 is 1.52 bits per heavy atom. The van der Waals surface area contributed by atoms with Crippen LogP contribution in [0.2, 0.25) is 5.15 Å². The van der Waals surface area contributed by atoms with Gasteiger partial charge in [0.05, 0.1) is 25.5 Å². The van der Waals surface area contributed by atoms with Crippen LogP contribution in [0.25, 0.3) is 0 Å². The molecule has 2 N–H and O–H groups in total. The van der Waals surface area contributed by atoms with Gasteiger partial charge in [-0.1, -0.05) is 11.6 Å². The summed E-state index contributed by atoms with van der Waals surface area (Å²) in [6, 6.07) is 0. The topological polar surface area (TPSA) is 87.6 Å². The number of β-amino-alcohol motifs (C(OH)–C–C–N with tert-alkyl or cyclic N) is 1. The van der Waals surface area contributed by atoms with Crippen molar-refractivity contribution in [2.45, 2.75) is 32.0 Å². The van der Waals surface area contributed by atoms with Crippen LogP contribution in [0.15, 0.2) is 12.4 Å². The Labute approximate surface area is 128 Å². The SMILES string of the molecule is CC(C)(C)OC(=O)N1CC(O)(CNc2cncc(Cl)n2)C1. The normalized spacial score (nSPS) is 17.1. The van der Waals surface area contributed by atoms with Gasteiger partial charge in [0.2, 0.25) is 0 Å². The first-order chi connectivity index (χ1) is 9.67. The molecule has 1 fully saturated rings. The number of carbonyl (C=O) groups is 1. The molecular weight excluding hydrogens is 296 g/mol. The molecule has 1 saturated heterocycles. The highest BCUT2D eigenvalue weighted by molar-refractivity contribution is 6.29. The molecule has 0 spiro atoms. The minimum absolute atomic E-state index is 0.211. The Bertz CT molecular complexity index is 526. The number of carbonyl (C=O) groups excluding carboxylic acids is 1. The van der Waals surface area contributed by atoms with Crippen LogP contribution in [0.4, 0.5) is 10.6 Å². The summed E-state index contributed by atoms with van der Waals surface area (Å²) >= 11 is 5.72. The lowest BCUT2D eigenvalue weighted by Gasteiger charge is -2.46. The first-order valence-electron chi connectivity index (χ1n) is 6.59. The van der Waals surface area contributed by atoms with E-state index in [1.807, 2.05) is 0 Å². The zero-order valence-corrected chi connectivity index (χ0v) is 13.0. The molecule has 0 atom stereocenters. The molecule has 0 unspecified atom stereocenters. The Morgan fingerprint density at radius 3 is 2.76 bits per heavy atom. The van der Waals surface area contributed by atoms with E-state index < -0.39 is 17.3 Å². The molecule has 1 aliphatic heterocycles. The van der Waals surface area contributed by atoms with Crippen molar-refractivity contribution in [3.05, 3.63) is 17.5 Å². The van der Waals surface area contributed by atoms with Crippen molar-refractivity contribution in [3.63, 3.8) is 0 Å². The second kappa shape index (κ2) is 5.65. The van der Waals surface area contributed by atoms with Crippen LogP contribution in [-0.2, 0) is 4.74 Å². The van der Waals surface area contributed by atoms with E-state index in [-0.39, 0.29) is 24.8 Å². The summed E-state index contributed by atoms with van der Waals surface area (Å²) < 4.78 is 5.23. The van der Waals surface area contributed by atoms with E-state index in [9.17, 15) is 9.90 Å². The number of aromatic nitrogens is 2. The molecule has 8 heteroatoms. The Morgan fingerprint density at radius 2 is 2.19 bits per heavy atom. The lowest BCUT2D eigenvalue weighted by molar-refractivity contribution is -0.0895. The van der Waals surface area contributed by atoms with Crippen LogP contribution in [-0.4, -0.2) is 56.9 Å². The number of halogens is 1. The zero-order valence-electron chi connectivity index (χ0n) is 12.3. The third-order valence-electron chi connectivity index (χ3n) is 2.83. The molecule has 0 saturated carbocycles. The number of hydrogen-bond donors (Lipinski definition) is 2. The van der Waals surface area contributed by atoms with E-state index in [4.69, 9.17) is 16.3 Å². The van der Waals surface area contributed by atoms with Gasteiger partial charge in [0.1, 0.15) is 22.2 Å². The van der Waals surface area contributed by atoms with Crippen molar-refractivity contribution in [2.75, 3.05) is 25.0 Å². The van der Waals surface area contributed by atoms with Crippen LogP contribution in [0.1, 0.15) is 20.8 Å². The van der Waals surface area contributed by atoms with Gasteiger partial charge in [-0.15, -0.1) is 0 Å². The fourth-order valence-electron chi connectivity index (χ4n) is 1.91. The summed E-state index contributed by atoms with van der Waals surface area (Å²) in [6.07, 6.45) is 2.52. The molecule has 1 aromatic rings. The number of nitrogens with one attached hydrogen (secondary N) is 1. The second-order valence-corrected chi connectivity index (χ2v) is 6.53. The van der Waals surface area contributed by atoms with Crippen LogP contribution in [0, 0.1) is 0 Å². The van der Waals surface area contributed by atoms with E-state index in [0.717, 1.165) is 0 Å². The number of aliphatic hydroxyl groups is 1. The van der Waals surface area contributed by atoms with E-state index >= 15 is 0 Å². The fourth-order valence-corrected chi connectivity index (χ4v) is 2.06. The predicted molar refractivity (Wildman–Crippen MR) is 78.3 cm³/mol. The van der Waals surface area contributed by atoms with Gasteiger partial charge >= 0.3 is 6.09 Å². The van der Waals surface area contributed by atoms with E-state index in [1.54, 1.807) is 20.8 Å². The first-order valence-corrected chi connectivity index (χ1v) is 6.96. The van der Waals surface area contributed by atoms with Crippen molar-refractivity contribution >= 4 is 23.5 Å². The molecule has 0 radical (unpaired) electrons. The minimum atomic E-state index is -0.999. The Kier molecular flexibility index (Phi) is 4.25. The summed E-state index contributed by atoms with van der Waals surface area (Å²) in [5.74, 6) is 0.478. The summed E-state index contributed by atoms with van der Waals surface area (Å²) in [4.78, 5) is 21.1. The lowest BCUT2D eigenvalue weighted by atomic mass is 9.95. The average Bonchev–Trinajstić information content (AvgIpc) is 2.31. The molecule has 7 nitrogen and oxygen atoms in total. The van der Waals surface area contributed by atoms with Gasteiger partial charge in [-0.3, -0.25) is 4.98 Å². The fraction of sp³-hybridized carbons (Fsp3) is 0.615. The van der Waals surface area contributed by atoms with Crippen molar-refractivity contribution in [3.8, 4) is 0 Å². The van der Waals surface area contributed by atoms with Crippen LogP contribution in [0.3, 0.4) is 0 Å². The molecule has 1 aromatic heterocycles. The van der Waals surface area contributed by atoms with Crippen molar-refractivity contribution in [1.29, 1.82) is 0 Å². The molecule has 1 aliphatic rings. The molecule has 1 amide bonds. The van der Waals surface area contributed by atoms with Crippen molar-refractivity contribution in [1.82, 2.24) is 14.9 Å². The van der Waals surface area contributed by atoms with Crippen molar-refractivity contribution < 1.29 is 14.6 Å². The summed E-state index contributed by atoms with van der Waals surface area (Å²) in [5, 5.41) is 13.5. The molecule has 2 heterocycles. The second-order valence-electron chi connectivity index (χ2n) is 6.14. The highest BCUT2D eigenvalue weighted by Crippen LogP contribution is 2.23. The van der Waals surface area contributed by atoms with E-state index in [1.165, 1.54) is 17.3 Å². The molecule has 0 aliphatic carbocycles. The van der Waals surface area contributed by atoms with Crippen LogP contribution < -0.4 is 5.32 Å². The van der Waals surface area contributed by atoms with Gasteiger partial charge in [0, 0.05) is 6.54 Å². The van der Waals surface area contributed by atoms with Crippen molar-refractivity contribution in [2.24, 2.45) is 0 Å². The maximum Gasteiger partial charge on any atom is 0.410 e. The summed E-state index contributed by atoms with van der Waals surface area (Å²) in [5.41, 5.74) is -1.54. The van der Waals surface area contributed by atoms with Gasteiger partial charge in [-0.25, -0.2) is 9.78 Å². The van der Waals surface area contributed by atoms with Gasteiger partial charge in [-0.05, 0) is 20.8 Å². The van der Waals surface area contributed by atoms with E-state index in [2.05, 4.69) is 15.3 Å². The third-order valence-corrected chi connectivity index (χ3v) is 3.01. The highest BCUT2D eigenvalue weighted by Gasteiger charge is 2.45. The average molecular weight is 315 g/mol. The molecule has 21 heavy (non-hydrogen) atoms. The number of ether oxygens (including phenoxy) is 1. The summed E-state index contributed by atoms with van der Waals surface area (Å²) in [7, 11) is 0. The molecule has 2 rings (SSSR count). The standard InChI is InChI=1S/C13H19ClN4O3/c1-12(2,3)21-11(19)18-7-13(20,8-18)6-16-10-5-15-4-9(14)17-10/h4-5,20H,6-8H2,1-3H3,(H,16,17). The molecule has 0 bridgehead atoms. The predicted octanol–water partition coefficient (Wildman–Crippen LogP) is 1.52. The maximum atomic E-state index is 11.8. The lowest BCUT2D eigenvalue weighted by Crippen LogP contribution is -2.66. The molecule has 0 aromatic carbocycles. The Hall–Kier alpha value is -1.60. The summed E-state index contributed by atoms with van der Waals surface area (Å²) in [6.45, 7) is 6.08. The van der Waals surface area contributed by atoms with Crippen LogP contribution in [0.5, 0.6) is 0 Å². The number of likely N-dealkylation sites (tertiary alicyclic amines) is 1. The van der Waals surface area contributed by atoms with Gasteiger partial charge < -0.3 is 20.1 Å². The molecule has 116 valence electrons. The molecular formula is C13H19ClN4O3. The number of nitrogens with zero attached hydrogens (tertiary/aromatic N) is 3. The number of amides is 1. The number of rotatable bonds is 3. The van der Waals surface area contributed by atoms with E-state index in [0.29, 0.717) is 5.82 Å². The maximum absolute atomic E-state index is 11.8.